The number of amides is 2. The summed E-state index contributed by atoms with van der Waals surface area (Å²) in [6.07, 6.45) is 2.63. The first-order chi connectivity index (χ1) is 21.9. The minimum atomic E-state index is -0.805. The van der Waals surface area contributed by atoms with Crippen LogP contribution in [0.1, 0.15) is 85.5 Å². The second-order valence-corrected chi connectivity index (χ2v) is 13.7. The van der Waals surface area contributed by atoms with Crippen LogP contribution in [0.25, 0.3) is 0 Å². The molecule has 46 heavy (non-hydrogen) atoms. The first-order valence-corrected chi connectivity index (χ1v) is 16.4. The fourth-order valence-corrected chi connectivity index (χ4v) is 7.00. The minimum absolute atomic E-state index is 0.236. The number of aliphatic hydroxyl groups excluding tert-OH is 1. The zero-order chi connectivity index (χ0) is 33.0. The third kappa shape index (κ3) is 7.68. The summed E-state index contributed by atoms with van der Waals surface area (Å²) >= 11 is 13.0. The van der Waals surface area contributed by atoms with Crippen molar-refractivity contribution in [2.45, 2.75) is 82.6 Å². The van der Waals surface area contributed by atoms with Gasteiger partial charge >= 0.3 is 5.97 Å². The average molecular weight is 668 g/mol. The van der Waals surface area contributed by atoms with E-state index in [1.54, 1.807) is 62.1 Å². The number of para-hydroxylation sites is 1. The summed E-state index contributed by atoms with van der Waals surface area (Å²) in [5.74, 6) is -1.27. The molecule has 1 fully saturated rings. The van der Waals surface area contributed by atoms with Crippen LogP contribution < -0.4 is 10.1 Å². The van der Waals surface area contributed by atoms with Gasteiger partial charge in [0.05, 0.1) is 24.1 Å². The molecule has 2 N–H and O–H groups in total. The Hall–Kier alpha value is -3.59. The Labute approximate surface area is 280 Å². The molecule has 8 nitrogen and oxygen atoms in total. The Kier molecular flexibility index (Phi) is 10.6. The fourth-order valence-electron chi connectivity index (χ4n) is 6.48. The van der Waals surface area contributed by atoms with Gasteiger partial charge in [0.25, 0.3) is 5.91 Å². The Bertz CT molecular complexity index is 1590. The van der Waals surface area contributed by atoms with Gasteiger partial charge in [0.15, 0.2) is 6.61 Å². The lowest BCUT2D eigenvalue weighted by Crippen LogP contribution is -2.55. The van der Waals surface area contributed by atoms with E-state index >= 15 is 0 Å². The molecule has 1 heterocycles. The van der Waals surface area contributed by atoms with Gasteiger partial charge in [0.1, 0.15) is 11.4 Å². The zero-order valence-corrected chi connectivity index (χ0v) is 27.8. The highest BCUT2D eigenvalue weighted by Gasteiger charge is 2.48. The molecule has 10 heteroatoms. The number of nitrogens with one attached hydrogen (secondary N) is 1. The first-order valence-electron chi connectivity index (χ1n) is 15.7. The number of halogens is 2. The van der Waals surface area contributed by atoms with Crippen molar-refractivity contribution < 1.29 is 29.0 Å². The van der Waals surface area contributed by atoms with Gasteiger partial charge in [-0.25, -0.2) is 4.79 Å². The topological polar surface area (TPSA) is 105 Å². The van der Waals surface area contributed by atoms with Gasteiger partial charge < -0.3 is 24.8 Å². The van der Waals surface area contributed by atoms with E-state index in [2.05, 4.69) is 5.32 Å². The predicted octanol–water partition coefficient (Wildman–Crippen LogP) is 6.66. The molecule has 0 aromatic heterocycles. The summed E-state index contributed by atoms with van der Waals surface area (Å²) < 4.78 is 11.1. The number of rotatable bonds is 9. The number of hydrogen-bond donors (Lipinski definition) is 2. The predicted molar refractivity (Wildman–Crippen MR) is 177 cm³/mol. The first kappa shape index (κ1) is 33.8. The maximum atomic E-state index is 14.3. The smallest absolute Gasteiger partial charge is 0.344 e. The van der Waals surface area contributed by atoms with E-state index in [1.165, 1.54) is 0 Å². The second kappa shape index (κ2) is 14.4. The number of esters is 1. The number of hydrogen-bond acceptors (Lipinski definition) is 6. The molecule has 0 saturated heterocycles. The Morgan fingerprint density at radius 2 is 1.70 bits per heavy atom. The molecule has 0 radical (unpaired) electrons. The maximum absolute atomic E-state index is 14.3. The van der Waals surface area contributed by atoms with E-state index in [9.17, 15) is 19.5 Å². The van der Waals surface area contributed by atoms with Gasteiger partial charge in [-0.2, -0.15) is 0 Å². The quantitative estimate of drug-likeness (QED) is 0.248. The van der Waals surface area contributed by atoms with E-state index in [4.69, 9.17) is 32.7 Å². The summed E-state index contributed by atoms with van der Waals surface area (Å²) in [6, 6.07) is 18.3. The van der Waals surface area contributed by atoms with E-state index < -0.39 is 35.7 Å². The van der Waals surface area contributed by atoms with E-state index in [0.29, 0.717) is 51.7 Å². The van der Waals surface area contributed by atoms with Crippen LogP contribution in [0.5, 0.6) is 5.75 Å². The van der Waals surface area contributed by atoms with Crippen molar-refractivity contribution in [3.05, 3.63) is 99.0 Å². The zero-order valence-electron chi connectivity index (χ0n) is 26.3. The van der Waals surface area contributed by atoms with E-state index in [0.717, 1.165) is 18.4 Å². The lowest BCUT2D eigenvalue weighted by Gasteiger charge is -2.48. The van der Waals surface area contributed by atoms with Crippen molar-refractivity contribution in [1.82, 2.24) is 10.2 Å². The summed E-state index contributed by atoms with van der Waals surface area (Å²) in [5, 5.41) is 15.0. The number of aliphatic hydroxyl groups is 1. The molecule has 2 aliphatic rings. The summed E-state index contributed by atoms with van der Waals surface area (Å²) in [5.41, 5.74) is 1.82. The standard InChI is InChI=1S/C36H40Cl2N2O6/c1-36(2,3)46-31(42)21-45-30-15-9-4-10-22(30)18-19-39-34(43)32-24-11-5-6-12-25(24)35(44)40(28-13-7-8-14-29(28)41)33(32)26-17-16-23(37)20-27(26)38/h4-6,9-12,15-17,20,28-29,32-33,41H,7-8,13-14,18-19,21H2,1-3H3,(H,39,43)/t28-,29-,32+,33-/m0/s1. The van der Waals surface area contributed by atoms with Crippen LogP contribution >= 0.6 is 23.2 Å². The van der Waals surface area contributed by atoms with Crippen molar-refractivity contribution in [1.29, 1.82) is 0 Å². The van der Waals surface area contributed by atoms with E-state index in [1.807, 2.05) is 30.3 Å². The van der Waals surface area contributed by atoms with Crippen molar-refractivity contribution in [2.24, 2.45) is 0 Å². The van der Waals surface area contributed by atoms with Crippen LogP contribution in [0.4, 0.5) is 0 Å². The highest BCUT2D eigenvalue weighted by Crippen LogP contribution is 2.47. The Morgan fingerprint density at radius 1 is 0.978 bits per heavy atom. The molecule has 3 aromatic carbocycles. The fraction of sp³-hybridized carbons (Fsp3) is 0.417. The number of carbonyl (C=O) groups excluding carboxylic acids is 3. The molecule has 1 aliphatic carbocycles. The van der Waals surface area contributed by atoms with Crippen LogP contribution in [0.2, 0.25) is 10.0 Å². The van der Waals surface area contributed by atoms with Crippen LogP contribution in [0.3, 0.4) is 0 Å². The monoisotopic (exact) mass is 666 g/mol. The molecule has 4 atom stereocenters. The van der Waals surface area contributed by atoms with Crippen molar-refractivity contribution in [3.8, 4) is 5.75 Å². The summed E-state index contributed by atoms with van der Waals surface area (Å²) in [4.78, 5) is 42.4. The second-order valence-electron chi connectivity index (χ2n) is 12.8. The number of benzene rings is 3. The molecular formula is C36H40Cl2N2O6. The summed E-state index contributed by atoms with van der Waals surface area (Å²) in [7, 11) is 0. The SMILES string of the molecule is CC(C)(C)OC(=O)COc1ccccc1CCNC(=O)[C@@H]1c2ccccc2C(=O)N([C@H]2CCCC[C@@H]2O)[C@H]1c1ccc(Cl)cc1Cl. The number of nitrogens with zero attached hydrogens (tertiary/aromatic N) is 1. The normalized spacial score (nSPS) is 21.3. The third-order valence-electron chi connectivity index (χ3n) is 8.42. The molecule has 5 rings (SSSR count). The molecule has 0 unspecified atom stereocenters. The number of carbonyl (C=O) groups is 3. The molecule has 2 amide bonds. The van der Waals surface area contributed by atoms with Gasteiger partial charge in [0, 0.05) is 22.2 Å². The van der Waals surface area contributed by atoms with Gasteiger partial charge in [-0.1, -0.05) is 78.5 Å². The molecule has 3 aromatic rings. The van der Waals surface area contributed by atoms with Crippen molar-refractivity contribution in [3.63, 3.8) is 0 Å². The molecule has 1 saturated carbocycles. The van der Waals surface area contributed by atoms with Crippen LogP contribution in [-0.4, -0.2) is 58.7 Å². The number of fused-ring (bicyclic) bond motifs is 1. The van der Waals surface area contributed by atoms with Gasteiger partial charge in [-0.15, -0.1) is 0 Å². The molecular weight excluding hydrogens is 627 g/mol. The molecule has 0 bridgehead atoms. The summed E-state index contributed by atoms with van der Waals surface area (Å²) in [6.45, 7) is 5.42. The van der Waals surface area contributed by atoms with Gasteiger partial charge in [-0.05, 0) is 81.0 Å². The minimum Gasteiger partial charge on any atom is -0.482 e. The number of ether oxygens (including phenoxy) is 2. The van der Waals surface area contributed by atoms with Crippen LogP contribution in [0, 0.1) is 0 Å². The molecule has 0 spiro atoms. The lowest BCUT2D eigenvalue weighted by molar-refractivity contribution is -0.157. The Balaban J connectivity index is 1.42. The van der Waals surface area contributed by atoms with Crippen LogP contribution in [0.15, 0.2) is 66.7 Å². The Morgan fingerprint density at radius 3 is 2.43 bits per heavy atom. The maximum Gasteiger partial charge on any atom is 0.344 e. The van der Waals surface area contributed by atoms with Crippen molar-refractivity contribution in [2.75, 3.05) is 13.2 Å². The van der Waals surface area contributed by atoms with Gasteiger partial charge in [0.2, 0.25) is 5.91 Å². The van der Waals surface area contributed by atoms with Crippen molar-refractivity contribution >= 4 is 41.0 Å². The average Bonchev–Trinajstić information content (AvgIpc) is 3.00. The van der Waals surface area contributed by atoms with Gasteiger partial charge in [-0.3, -0.25) is 9.59 Å². The lowest BCUT2D eigenvalue weighted by atomic mass is 9.76. The highest BCUT2D eigenvalue weighted by atomic mass is 35.5. The molecule has 244 valence electrons. The molecule has 1 aliphatic heterocycles. The third-order valence-corrected chi connectivity index (χ3v) is 8.99. The highest BCUT2D eigenvalue weighted by molar-refractivity contribution is 6.35. The van der Waals surface area contributed by atoms with E-state index in [-0.39, 0.29) is 25.0 Å². The largest absolute Gasteiger partial charge is 0.482 e. The van der Waals surface area contributed by atoms with Crippen LogP contribution in [-0.2, 0) is 20.7 Å².